The molecular formula is C16H16N4O2. The van der Waals surface area contributed by atoms with Crippen molar-refractivity contribution in [3.8, 4) is 5.75 Å². The molecule has 0 saturated carbocycles. The van der Waals surface area contributed by atoms with Crippen molar-refractivity contribution >= 4 is 34.5 Å². The molecule has 0 aliphatic carbocycles. The van der Waals surface area contributed by atoms with Crippen molar-refractivity contribution in [2.75, 3.05) is 23.0 Å². The van der Waals surface area contributed by atoms with Crippen LogP contribution in [0, 0.1) is 0 Å². The van der Waals surface area contributed by atoms with E-state index >= 15 is 0 Å². The summed E-state index contributed by atoms with van der Waals surface area (Å²) < 4.78 is 5.63. The van der Waals surface area contributed by atoms with Gasteiger partial charge in [-0.15, -0.1) is 0 Å². The predicted molar refractivity (Wildman–Crippen MR) is 87.8 cm³/mol. The van der Waals surface area contributed by atoms with Crippen molar-refractivity contribution in [3.63, 3.8) is 0 Å². The lowest BCUT2D eigenvalue weighted by Crippen LogP contribution is -2.23. The number of ether oxygens (including phenoxy) is 1. The van der Waals surface area contributed by atoms with Crippen LogP contribution in [-0.4, -0.2) is 18.3 Å². The van der Waals surface area contributed by atoms with Gasteiger partial charge in [-0.05, 0) is 42.5 Å². The summed E-state index contributed by atoms with van der Waals surface area (Å²) in [6.45, 7) is 1.84. The molecule has 0 aromatic heterocycles. The number of benzene rings is 2. The number of nitrogen functional groups attached to an aromatic ring is 1. The van der Waals surface area contributed by atoms with Gasteiger partial charge in [-0.3, -0.25) is 4.79 Å². The first kappa shape index (κ1) is 13.9. The van der Waals surface area contributed by atoms with Crippen LogP contribution in [0.3, 0.4) is 0 Å². The van der Waals surface area contributed by atoms with E-state index < -0.39 is 0 Å². The number of amides is 1. The molecule has 4 N–H and O–H groups in total. The van der Waals surface area contributed by atoms with Crippen molar-refractivity contribution in [1.29, 1.82) is 0 Å². The summed E-state index contributed by atoms with van der Waals surface area (Å²) in [6.07, 6.45) is 0. The van der Waals surface area contributed by atoms with Crippen LogP contribution >= 0.6 is 0 Å². The van der Waals surface area contributed by atoms with Crippen LogP contribution in [0.25, 0.3) is 0 Å². The monoisotopic (exact) mass is 296 g/mol. The number of aliphatic imine (C=N–C) groups is 1. The zero-order valence-corrected chi connectivity index (χ0v) is 12.1. The van der Waals surface area contributed by atoms with E-state index in [1.807, 2.05) is 30.3 Å². The lowest BCUT2D eigenvalue weighted by molar-refractivity contribution is -0.114. The van der Waals surface area contributed by atoms with Gasteiger partial charge in [0.2, 0.25) is 5.91 Å². The molecule has 22 heavy (non-hydrogen) atoms. The molecule has 2 aromatic rings. The van der Waals surface area contributed by atoms with E-state index in [-0.39, 0.29) is 5.91 Å². The van der Waals surface area contributed by atoms with Crippen molar-refractivity contribution in [1.82, 2.24) is 0 Å². The average molecular weight is 296 g/mol. The van der Waals surface area contributed by atoms with Gasteiger partial charge >= 0.3 is 0 Å². The van der Waals surface area contributed by atoms with Crippen LogP contribution in [0.2, 0.25) is 0 Å². The first-order chi connectivity index (χ1) is 10.6. The maximum Gasteiger partial charge on any atom is 0.221 e. The molecule has 112 valence electrons. The number of nitrogens with two attached hydrogens (primary N) is 1. The van der Waals surface area contributed by atoms with Gasteiger partial charge in [-0.2, -0.15) is 0 Å². The highest BCUT2D eigenvalue weighted by Crippen LogP contribution is 2.32. The number of hydrogen-bond acceptors (Lipinski definition) is 5. The van der Waals surface area contributed by atoms with Crippen LogP contribution < -0.4 is 21.1 Å². The number of anilines is 3. The van der Waals surface area contributed by atoms with Gasteiger partial charge in [-0.1, -0.05) is 0 Å². The van der Waals surface area contributed by atoms with Gasteiger partial charge in [0, 0.05) is 24.0 Å². The molecule has 1 aliphatic heterocycles. The summed E-state index contributed by atoms with van der Waals surface area (Å²) in [6, 6.07) is 12.7. The maximum absolute atomic E-state index is 11.0. The molecule has 1 aliphatic rings. The number of rotatable bonds is 2. The van der Waals surface area contributed by atoms with Gasteiger partial charge < -0.3 is 21.1 Å². The van der Waals surface area contributed by atoms with E-state index in [2.05, 4.69) is 15.6 Å². The molecule has 0 fully saturated rings. The van der Waals surface area contributed by atoms with Gasteiger partial charge in [-0.25, -0.2) is 4.99 Å². The van der Waals surface area contributed by atoms with Crippen LogP contribution in [0.5, 0.6) is 5.75 Å². The molecule has 1 amide bonds. The molecule has 1 heterocycles. The van der Waals surface area contributed by atoms with E-state index in [0.717, 1.165) is 17.1 Å². The summed E-state index contributed by atoms with van der Waals surface area (Å²) in [5, 5.41) is 5.91. The fourth-order valence-corrected chi connectivity index (χ4v) is 2.14. The molecule has 0 radical (unpaired) electrons. The third-order valence-electron chi connectivity index (χ3n) is 3.10. The Balaban J connectivity index is 1.75. The number of amidine groups is 1. The molecule has 0 unspecified atom stereocenters. The Bertz CT molecular complexity index is 738. The van der Waals surface area contributed by atoms with Crippen molar-refractivity contribution < 1.29 is 9.53 Å². The fourth-order valence-electron chi connectivity index (χ4n) is 2.14. The minimum atomic E-state index is -0.0973. The van der Waals surface area contributed by atoms with Gasteiger partial charge in [0.05, 0.1) is 0 Å². The summed E-state index contributed by atoms with van der Waals surface area (Å²) in [4.78, 5) is 15.5. The third-order valence-corrected chi connectivity index (χ3v) is 3.10. The number of carbonyl (C=O) groups is 1. The Morgan fingerprint density at radius 3 is 2.64 bits per heavy atom. The van der Waals surface area contributed by atoms with Crippen molar-refractivity contribution in [2.45, 2.75) is 6.92 Å². The van der Waals surface area contributed by atoms with E-state index in [1.54, 1.807) is 12.1 Å². The minimum Gasteiger partial charge on any atom is -0.483 e. The highest BCUT2D eigenvalue weighted by molar-refractivity contribution is 6.00. The van der Waals surface area contributed by atoms with Gasteiger partial charge in [0.1, 0.15) is 23.9 Å². The number of nitrogens with zero attached hydrogens (tertiary/aromatic N) is 1. The molecule has 0 spiro atoms. The predicted octanol–water partition coefficient (Wildman–Crippen LogP) is 2.76. The zero-order chi connectivity index (χ0) is 15.5. The highest BCUT2D eigenvalue weighted by Gasteiger charge is 2.13. The topological polar surface area (TPSA) is 88.7 Å². The maximum atomic E-state index is 11.0. The van der Waals surface area contributed by atoms with Crippen molar-refractivity contribution in [3.05, 3.63) is 42.5 Å². The molecule has 0 saturated heterocycles. The van der Waals surface area contributed by atoms with Crippen LogP contribution in [-0.2, 0) is 4.79 Å². The smallest absolute Gasteiger partial charge is 0.221 e. The largest absolute Gasteiger partial charge is 0.483 e. The Hall–Kier alpha value is -3.02. The molecule has 6 heteroatoms. The van der Waals surface area contributed by atoms with E-state index in [0.29, 0.717) is 23.8 Å². The minimum absolute atomic E-state index is 0.0973. The van der Waals surface area contributed by atoms with Crippen LogP contribution in [0.15, 0.2) is 47.5 Å². The van der Waals surface area contributed by atoms with E-state index in [9.17, 15) is 4.79 Å². The summed E-state index contributed by atoms with van der Waals surface area (Å²) in [7, 11) is 0. The second-order valence-electron chi connectivity index (χ2n) is 4.96. The summed E-state index contributed by atoms with van der Waals surface area (Å²) in [5.74, 6) is 1.33. The van der Waals surface area contributed by atoms with Crippen LogP contribution in [0.1, 0.15) is 6.92 Å². The number of fused-ring (bicyclic) bond motifs is 1. The highest BCUT2D eigenvalue weighted by atomic mass is 16.5. The normalized spacial score (nSPS) is 12.7. The lowest BCUT2D eigenvalue weighted by atomic mass is 10.2. The Labute approximate surface area is 128 Å². The first-order valence-corrected chi connectivity index (χ1v) is 6.85. The Kier molecular flexibility index (Phi) is 3.65. The Morgan fingerprint density at radius 2 is 1.91 bits per heavy atom. The SMILES string of the molecule is CC(=O)Nc1ccc(NC2=Nc3cc(N)ccc3OC2)cc1. The third kappa shape index (κ3) is 3.17. The van der Waals surface area contributed by atoms with E-state index in [1.165, 1.54) is 6.92 Å². The van der Waals surface area contributed by atoms with Gasteiger partial charge in [0.25, 0.3) is 0 Å². The quantitative estimate of drug-likeness (QED) is 0.743. The number of carbonyl (C=O) groups excluding carboxylic acids is 1. The first-order valence-electron chi connectivity index (χ1n) is 6.85. The molecule has 2 aromatic carbocycles. The van der Waals surface area contributed by atoms with Crippen molar-refractivity contribution in [2.24, 2.45) is 4.99 Å². The average Bonchev–Trinajstić information content (AvgIpc) is 2.48. The zero-order valence-electron chi connectivity index (χ0n) is 12.1. The second kappa shape index (κ2) is 5.77. The number of nitrogens with one attached hydrogen (secondary N) is 2. The lowest BCUT2D eigenvalue weighted by Gasteiger charge is -2.18. The molecule has 0 atom stereocenters. The van der Waals surface area contributed by atoms with E-state index in [4.69, 9.17) is 10.5 Å². The summed E-state index contributed by atoms with van der Waals surface area (Å²) in [5.41, 5.74) is 8.73. The number of hydrogen-bond donors (Lipinski definition) is 3. The van der Waals surface area contributed by atoms with Crippen LogP contribution in [0.4, 0.5) is 22.7 Å². The summed E-state index contributed by atoms with van der Waals surface area (Å²) >= 11 is 0. The van der Waals surface area contributed by atoms with Gasteiger partial charge in [0.15, 0.2) is 0 Å². The standard InChI is InChI=1S/C16H16N4O2/c1-10(21)18-12-3-5-13(6-4-12)19-16-9-22-15-7-2-11(17)8-14(15)20-16/h2-8H,9,17H2,1H3,(H,18,21)(H,19,20). The fraction of sp³-hybridized carbons (Fsp3) is 0.125. The molecular weight excluding hydrogens is 280 g/mol. The second-order valence-corrected chi connectivity index (χ2v) is 4.96. The molecule has 6 nitrogen and oxygen atoms in total. The molecule has 3 rings (SSSR count). The Morgan fingerprint density at radius 1 is 1.18 bits per heavy atom. The molecule has 0 bridgehead atoms.